The zero-order valence-corrected chi connectivity index (χ0v) is 21.3. The van der Waals surface area contributed by atoms with Crippen molar-refractivity contribution in [3.05, 3.63) is 74.7 Å². The number of fused-ring (bicyclic) bond motifs is 1. The number of aromatic amines is 1. The number of hydrogen-bond acceptors (Lipinski definition) is 8. The molecule has 0 radical (unpaired) electrons. The van der Waals surface area contributed by atoms with Crippen LogP contribution in [0.1, 0.15) is 51.2 Å². The highest BCUT2D eigenvalue weighted by Gasteiger charge is 2.37. The number of nitrogens with zero attached hydrogens (tertiary/aromatic N) is 5. The molecular weight excluding hydrogens is 524 g/mol. The van der Waals surface area contributed by atoms with Crippen LogP contribution in [0, 0.1) is 5.82 Å². The molecule has 0 bridgehead atoms. The second-order valence-electron chi connectivity index (χ2n) is 9.11. The molecule has 0 aliphatic heterocycles. The van der Waals surface area contributed by atoms with Gasteiger partial charge >= 0.3 is 6.18 Å². The fraction of sp³-hybridized carbons (Fsp3) is 0.360. The van der Waals surface area contributed by atoms with E-state index in [4.69, 9.17) is 5.11 Å². The van der Waals surface area contributed by atoms with Crippen LogP contribution in [0.5, 0.6) is 5.75 Å². The monoisotopic (exact) mass is 550 g/mol. The van der Waals surface area contributed by atoms with E-state index in [1.54, 1.807) is 18.9 Å². The second kappa shape index (κ2) is 11.7. The smallest absolute Gasteiger partial charge is 0.425 e. The summed E-state index contributed by atoms with van der Waals surface area (Å²) >= 11 is 0. The normalized spacial score (nSPS) is 11.8. The van der Waals surface area contributed by atoms with Gasteiger partial charge in [-0.1, -0.05) is 19.8 Å². The molecule has 0 aliphatic rings. The maximum atomic E-state index is 14.7. The zero-order chi connectivity index (χ0) is 29.0. The Balaban J connectivity index is 0.000000293. The summed E-state index contributed by atoms with van der Waals surface area (Å²) in [6, 6.07) is 2.69. The minimum atomic E-state index is -4.86. The molecule has 0 spiro atoms. The first kappa shape index (κ1) is 29.4. The molecule has 0 fully saturated rings. The van der Waals surface area contributed by atoms with Gasteiger partial charge < -0.3 is 10.2 Å². The third kappa shape index (κ3) is 7.02. The van der Waals surface area contributed by atoms with Crippen molar-refractivity contribution in [3.8, 4) is 17.1 Å². The number of H-pyrrole nitrogens is 1. The van der Waals surface area contributed by atoms with Crippen LogP contribution >= 0.6 is 0 Å². The Bertz CT molecular complexity index is 1560. The highest BCUT2D eigenvalue weighted by molar-refractivity contribution is 5.82. The van der Waals surface area contributed by atoms with Gasteiger partial charge in [-0.15, -0.1) is 0 Å². The number of aliphatic hydroxyl groups is 1. The van der Waals surface area contributed by atoms with Gasteiger partial charge in [0.15, 0.2) is 17.1 Å². The van der Waals surface area contributed by atoms with Crippen molar-refractivity contribution in [2.24, 2.45) is 0 Å². The van der Waals surface area contributed by atoms with Gasteiger partial charge in [0.1, 0.15) is 5.82 Å². The van der Waals surface area contributed by atoms with Gasteiger partial charge in [-0.2, -0.15) is 18.3 Å². The van der Waals surface area contributed by atoms with E-state index in [9.17, 15) is 32.3 Å². The van der Waals surface area contributed by atoms with Crippen molar-refractivity contribution >= 4 is 10.9 Å². The molecule has 1 aromatic carbocycles. The summed E-state index contributed by atoms with van der Waals surface area (Å²) in [5.74, 6) is -1.58. The predicted molar refractivity (Wildman–Crippen MR) is 133 cm³/mol. The van der Waals surface area contributed by atoms with E-state index in [1.807, 2.05) is 0 Å². The van der Waals surface area contributed by atoms with Gasteiger partial charge in [-0.05, 0) is 32.4 Å². The summed E-state index contributed by atoms with van der Waals surface area (Å²) in [4.78, 5) is 35.7. The lowest BCUT2D eigenvalue weighted by Gasteiger charge is -2.16. The molecule has 3 heterocycles. The minimum absolute atomic E-state index is 0.167. The zero-order valence-electron chi connectivity index (χ0n) is 21.3. The van der Waals surface area contributed by atoms with E-state index < -0.39 is 34.5 Å². The standard InChI is InChI=1S/C20H23FN4O2.C5H3F3N2O2/c1-4-5-6-7-25-12-24-17-9-14(16(21)8-15(17)19(25)26)18-22-10-13(11-23-18)20(2,3)27;6-5(7,8)3-2(11)1-9-10-4(3)12/h8-12,27H,4-7H2,1-3H3;1H,(H2,10,11,12). The minimum Gasteiger partial charge on any atom is -0.505 e. The maximum Gasteiger partial charge on any atom is 0.425 e. The molecular formula is C25H26F4N6O4. The fourth-order valence-corrected chi connectivity index (χ4v) is 3.49. The van der Waals surface area contributed by atoms with Gasteiger partial charge in [0.2, 0.25) is 0 Å². The number of aromatic nitrogens is 6. The van der Waals surface area contributed by atoms with E-state index in [0.29, 0.717) is 23.8 Å². The molecule has 10 nitrogen and oxygen atoms in total. The lowest BCUT2D eigenvalue weighted by molar-refractivity contribution is -0.140. The summed E-state index contributed by atoms with van der Waals surface area (Å²) in [7, 11) is 0. The van der Waals surface area contributed by atoms with E-state index in [0.717, 1.165) is 19.3 Å². The lowest BCUT2D eigenvalue weighted by Crippen LogP contribution is -2.22. The summed E-state index contributed by atoms with van der Waals surface area (Å²) < 4.78 is 51.9. The largest absolute Gasteiger partial charge is 0.505 e. The first-order valence-corrected chi connectivity index (χ1v) is 11.8. The van der Waals surface area contributed by atoms with Crippen molar-refractivity contribution in [2.75, 3.05) is 0 Å². The molecule has 0 saturated carbocycles. The van der Waals surface area contributed by atoms with Crippen LogP contribution in [0.2, 0.25) is 0 Å². The Hall–Kier alpha value is -4.20. The molecule has 4 aromatic rings. The molecule has 3 N–H and O–H groups in total. The number of aromatic hydroxyl groups is 1. The summed E-state index contributed by atoms with van der Waals surface area (Å²) in [5.41, 5.74) is -3.32. The number of hydrogen-bond donors (Lipinski definition) is 3. The highest BCUT2D eigenvalue weighted by atomic mass is 19.4. The average molecular weight is 551 g/mol. The van der Waals surface area contributed by atoms with Gasteiger partial charge in [0.05, 0.1) is 34.6 Å². The summed E-state index contributed by atoms with van der Waals surface area (Å²) in [6.07, 6.45) is 3.04. The van der Waals surface area contributed by atoms with E-state index in [2.05, 4.69) is 27.0 Å². The van der Waals surface area contributed by atoms with Crippen LogP contribution in [-0.2, 0) is 18.3 Å². The molecule has 0 unspecified atom stereocenters. The van der Waals surface area contributed by atoms with Gasteiger partial charge in [0, 0.05) is 24.5 Å². The number of nitrogens with one attached hydrogen (secondary N) is 1. The summed E-state index contributed by atoms with van der Waals surface area (Å²) in [6.45, 7) is 5.91. The first-order chi connectivity index (χ1) is 18.2. The molecule has 0 aliphatic carbocycles. The van der Waals surface area contributed by atoms with Crippen LogP contribution in [0.15, 0.2) is 46.6 Å². The number of halogens is 4. The van der Waals surface area contributed by atoms with Crippen LogP contribution < -0.4 is 11.1 Å². The number of alkyl halides is 3. The van der Waals surface area contributed by atoms with Gasteiger partial charge in [-0.25, -0.2) is 24.4 Å². The van der Waals surface area contributed by atoms with Crippen molar-refractivity contribution in [3.63, 3.8) is 0 Å². The first-order valence-electron chi connectivity index (χ1n) is 11.8. The van der Waals surface area contributed by atoms with E-state index >= 15 is 0 Å². The molecule has 0 saturated heterocycles. The Morgan fingerprint density at radius 3 is 2.23 bits per heavy atom. The second-order valence-corrected chi connectivity index (χ2v) is 9.11. The SMILES string of the molecule is CCCCCn1cnc2cc(-c3ncc(C(C)(C)O)cn3)c(F)cc2c1=O.O=c1[nH]ncc(O)c1C(F)(F)F. The molecule has 3 aromatic heterocycles. The molecule has 208 valence electrons. The lowest BCUT2D eigenvalue weighted by atomic mass is 10.0. The van der Waals surface area contributed by atoms with Crippen LogP contribution in [0.4, 0.5) is 17.6 Å². The topological polar surface area (TPSA) is 147 Å². The molecule has 4 rings (SSSR count). The van der Waals surface area contributed by atoms with Crippen molar-refractivity contribution in [1.82, 2.24) is 29.7 Å². The number of rotatable bonds is 6. The van der Waals surface area contributed by atoms with Crippen LogP contribution in [0.3, 0.4) is 0 Å². The van der Waals surface area contributed by atoms with E-state index in [-0.39, 0.29) is 22.3 Å². The van der Waals surface area contributed by atoms with Crippen molar-refractivity contribution in [1.29, 1.82) is 0 Å². The Morgan fingerprint density at radius 2 is 1.69 bits per heavy atom. The summed E-state index contributed by atoms with van der Waals surface area (Å²) in [5, 5.41) is 23.4. The third-order valence-corrected chi connectivity index (χ3v) is 5.63. The van der Waals surface area contributed by atoms with Crippen molar-refractivity contribution < 1.29 is 27.8 Å². The molecule has 39 heavy (non-hydrogen) atoms. The van der Waals surface area contributed by atoms with E-state index in [1.165, 1.54) is 35.4 Å². The Morgan fingerprint density at radius 1 is 1.03 bits per heavy atom. The maximum absolute atomic E-state index is 14.7. The quantitative estimate of drug-likeness (QED) is 0.242. The Labute approximate surface area is 219 Å². The number of unbranched alkanes of at least 4 members (excludes halogenated alkanes) is 2. The number of aryl methyl sites for hydroxylation is 1. The average Bonchev–Trinajstić information content (AvgIpc) is 2.85. The molecule has 14 heteroatoms. The van der Waals surface area contributed by atoms with Gasteiger partial charge in [0.25, 0.3) is 11.1 Å². The Kier molecular flexibility index (Phi) is 8.79. The third-order valence-electron chi connectivity index (χ3n) is 5.63. The number of benzene rings is 1. The fourth-order valence-electron chi connectivity index (χ4n) is 3.49. The van der Waals surface area contributed by atoms with Crippen molar-refractivity contribution in [2.45, 2.75) is 58.4 Å². The highest BCUT2D eigenvalue weighted by Crippen LogP contribution is 2.31. The molecule has 0 atom stereocenters. The predicted octanol–water partition coefficient (Wildman–Crippen LogP) is 3.90. The van der Waals surface area contributed by atoms with Crippen LogP contribution in [0.25, 0.3) is 22.3 Å². The van der Waals surface area contributed by atoms with Gasteiger partial charge in [-0.3, -0.25) is 14.2 Å². The molecule has 0 amide bonds. The van der Waals surface area contributed by atoms with Crippen LogP contribution in [-0.4, -0.2) is 39.9 Å².